The normalized spacial score (nSPS) is 20.0. The van der Waals surface area contributed by atoms with Crippen LogP contribution >= 0.6 is 0 Å². The summed E-state index contributed by atoms with van der Waals surface area (Å²) in [7, 11) is 0. The summed E-state index contributed by atoms with van der Waals surface area (Å²) >= 11 is 0. The standard InChI is InChI=1S/C12H15O2/c1-8(11-6-4-5-7-11)12(9(2)13)10(3)14/h4-8,12H,1-3H3/t8-/m0/s1. The van der Waals surface area contributed by atoms with E-state index in [1.54, 1.807) is 0 Å². The molecule has 1 saturated carbocycles. The van der Waals surface area contributed by atoms with Gasteiger partial charge >= 0.3 is 0 Å². The summed E-state index contributed by atoms with van der Waals surface area (Å²) in [6.07, 6.45) is 7.74. The summed E-state index contributed by atoms with van der Waals surface area (Å²) in [6.45, 7) is 4.87. The van der Waals surface area contributed by atoms with Gasteiger partial charge in [0.2, 0.25) is 0 Å². The van der Waals surface area contributed by atoms with E-state index < -0.39 is 5.92 Å². The number of hydrogen-bond acceptors (Lipinski definition) is 2. The third kappa shape index (κ3) is 2.43. The van der Waals surface area contributed by atoms with Crippen LogP contribution in [0.4, 0.5) is 0 Å². The molecule has 1 fully saturated rings. The van der Waals surface area contributed by atoms with Gasteiger partial charge in [-0.2, -0.15) is 0 Å². The second-order valence-corrected chi connectivity index (χ2v) is 3.71. The molecule has 0 heterocycles. The molecule has 1 rings (SSSR count). The van der Waals surface area contributed by atoms with Gasteiger partial charge in [0.1, 0.15) is 11.6 Å². The largest absolute Gasteiger partial charge is 0.299 e. The van der Waals surface area contributed by atoms with Gasteiger partial charge in [0.15, 0.2) is 0 Å². The molecule has 0 amide bonds. The summed E-state index contributed by atoms with van der Waals surface area (Å²) in [4.78, 5) is 22.6. The van der Waals surface area contributed by atoms with Crippen molar-refractivity contribution in [3.8, 4) is 0 Å². The van der Waals surface area contributed by atoms with Crippen molar-refractivity contribution in [1.82, 2.24) is 0 Å². The van der Waals surface area contributed by atoms with Crippen LogP contribution in [0.2, 0.25) is 0 Å². The predicted octanol–water partition coefficient (Wildman–Crippen LogP) is 1.82. The molecule has 2 heteroatoms. The average Bonchev–Trinajstić information content (AvgIpc) is 2.53. The Morgan fingerprint density at radius 2 is 1.50 bits per heavy atom. The highest BCUT2D eigenvalue weighted by atomic mass is 16.1. The Morgan fingerprint density at radius 1 is 1.07 bits per heavy atom. The van der Waals surface area contributed by atoms with Gasteiger partial charge in [-0.25, -0.2) is 0 Å². The summed E-state index contributed by atoms with van der Waals surface area (Å²) in [5.74, 6) is 0.454. The van der Waals surface area contributed by atoms with Gasteiger partial charge in [-0.3, -0.25) is 9.59 Å². The maximum atomic E-state index is 11.3. The molecule has 0 spiro atoms. The quantitative estimate of drug-likeness (QED) is 0.635. The van der Waals surface area contributed by atoms with Crippen molar-refractivity contribution < 1.29 is 9.59 Å². The molecule has 14 heavy (non-hydrogen) atoms. The monoisotopic (exact) mass is 191 g/mol. The van der Waals surface area contributed by atoms with E-state index in [0.29, 0.717) is 0 Å². The van der Waals surface area contributed by atoms with Crippen molar-refractivity contribution >= 4 is 11.6 Å². The Morgan fingerprint density at radius 3 is 1.86 bits per heavy atom. The second kappa shape index (κ2) is 4.72. The minimum absolute atomic E-state index is 0.0139. The van der Waals surface area contributed by atoms with Crippen molar-refractivity contribution in [2.75, 3.05) is 0 Å². The molecular formula is C12H15O2. The molecule has 0 aromatic carbocycles. The molecular weight excluding hydrogens is 176 g/mol. The van der Waals surface area contributed by atoms with E-state index in [0.717, 1.165) is 5.92 Å². The minimum Gasteiger partial charge on any atom is -0.299 e. The summed E-state index contributed by atoms with van der Waals surface area (Å²) < 4.78 is 0. The van der Waals surface area contributed by atoms with E-state index in [1.807, 2.05) is 32.6 Å². The lowest BCUT2D eigenvalue weighted by Crippen LogP contribution is -2.30. The fraction of sp³-hybridized carbons (Fsp3) is 0.417. The zero-order chi connectivity index (χ0) is 10.7. The Bertz CT molecular complexity index is 212. The number of hydrogen-bond donors (Lipinski definition) is 0. The maximum Gasteiger partial charge on any atom is 0.140 e. The Hall–Kier alpha value is -0.660. The van der Waals surface area contributed by atoms with E-state index in [1.165, 1.54) is 13.8 Å². The molecule has 0 unspecified atom stereocenters. The summed E-state index contributed by atoms with van der Waals surface area (Å²) in [6, 6.07) is 0. The van der Waals surface area contributed by atoms with Crippen LogP contribution in [0.3, 0.4) is 0 Å². The Kier molecular flexibility index (Phi) is 3.85. The topological polar surface area (TPSA) is 34.1 Å². The first kappa shape index (κ1) is 11.4. The van der Waals surface area contributed by atoms with E-state index in [2.05, 4.69) is 0 Å². The lowest BCUT2D eigenvalue weighted by molar-refractivity contribution is -0.132. The first-order valence-electron chi connectivity index (χ1n) is 4.76. The number of ketones is 2. The number of Topliss-reactive ketones (excluding diaryl/α,β-unsaturated/α-hetero) is 2. The molecule has 1 aliphatic rings. The summed E-state index contributed by atoms with van der Waals surface area (Å²) in [5, 5.41) is 0. The van der Waals surface area contributed by atoms with Gasteiger partial charge in [-0.1, -0.05) is 6.92 Å². The van der Waals surface area contributed by atoms with Gasteiger partial charge in [-0.15, -0.1) is 0 Å². The molecule has 2 nitrogen and oxygen atoms in total. The van der Waals surface area contributed by atoms with Crippen molar-refractivity contribution in [1.29, 1.82) is 0 Å². The highest BCUT2D eigenvalue weighted by Gasteiger charge is 2.34. The lowest BCUT2D eigenvalue weighted by Gasteiger charge is -2.23. The first-order valence-corrected chi connectivity index (χ1v) is 4.76. The van der Waals surface area contributed by atoms with Crippen molar-refractivity contribution in [2.24, 2.45) is 11.8 Å². The van der Waals surface area contributed by atoms with Gasteiger partial charge in [0, 0.05) is 0 Å². The van der Waals surface area contributed by atoms with E-state index in [9.17, 15) is 9.59 Å². The lowest BCUT2D eigenvalue weighted by atomic mass is 9.78. The summed E-state index contributed by atoms with van der Waals surface area (Å²) in [5.41, 5.74) is 0. The SMILES string of the molecule is CC(=O)C(C(C)=O)[C@@H](C)[C]1[CH][CH][CH][CH]1. The maximum absolute atomic E-state index is 11.3. The van der Waals surface area contributed by atoms with Crippen LogP contribution < -0.4 is 0 Å². The second-order valence-electron chi connectivity index (χ2n) is 3.71. The van der Waals surface area contributed by atoms with Crippen LogP contribution in [0.5, 0.6) is 0 Å². The van der Waals surface area contributed by atoms with Crippen LogP contribution in [-0.4, -0.2) is 11.6 Å². The first-order chi connectivity index (χ1) is 6.54. The van der Waals surface area contributed by atoms with Crippen molar-refractivity contribution in [3.05, 3.63) is 31.6 Å². The third-order valence-corrected chi connectivity index (χ3v) is 2.59. The highest BCUT2D eigenvalue weighted by molar-refractivity contribution is 6.00. The zero-order valence-electron chi connectivity index (χ0n) is 8.78. The van der Waals surface area contributed by atoms with Gasteiger partial charge in [0.05, 0.1) is 5.92 Å². The molecule has 0 aliphatic heterocycles. The zero-order valence-corrected chi connectivity index (χ0v) is 8.78. The van der Waals surface area contributed by atoms with Crippen LogP contribution in [0.15, 0.2) is 0 Å². The van der Waals surface area contributed by atoms with Gasteiger partial charge < -0.3 is 0 Å². The number of carbonyl (C=O) groups is 2. The van der Waals surface area contributed by atoms with Gasteiger partial charge in [-0.05, 0) is 51.4 Å². The molecule has 0 aromatic rings. The Labute approximate surface area is 86.1 Å². The number of carbonyl (C=O) groups excluding carboxylic acids is 2. The molecule has 5 radical (unpaired) electrons. The van der Waals surface area contributed by atoms with Crippen LogP contribution in [0.25, 0.3) is 0 Å². The third-order valence-electron chi connectivity index (χ3n) is 2.59. The van der Waals surface area contributed by atoms with Crippen molar-refractivity contribution in [2.45, 2.75) is 20.8 Å². The van der Waals surface area contributed by atoms with Crippen LogP contribution in [0.1, 0.15) is 20.8 Å². The average molecular weight is 191 g/mol. The molecule has 0 bridgehead atoms. The van der Waals surface area contributed by atoms with Crippen LogP contribution in [0, 0.1) is 43.4 Å². The molecule has 1 atom stereocenters. The highest BCUT2D eigenvalue weighted by Crippen LogP contribution is 2.35. The molecule has 75 valence electrons. The van der Waals surface area contributed by atoms with Gasteiger partial charge in [0.25, 0.3) is 0 Å². The van der Waals surface area contributed by atoms with Crippen molar-refractivity contribution in [3.63, 3.8) is 0 Å². The predicted molar refractivity (Wildman–Crippen MR) is 54.5 cm³/mol. The smallest absolute Gasteiger partial charge is 0.140 e. The number of rotatable bonds is 4. The Balaban J connectivity index is 2.67. The fourth-order valence-corrected chi connectivity index (χ4v) is 1.88. The molecule has 0 saturated heterocycles. The fourth-order valence-electron chi connectivity index (χ4n) is 1.88. The van der Waals surface area contributed by atoms with Crippen LogP contribution in [-0.2, 0) is 9.59 Å². The van der Waals surface area contributed by atoms with E-state index in [-0.39, 0.29) is 17.5 Å². The molecule has 1 aliphatic carbocycles. The van der Waals surface area contributed by atoms with E-state index >= 15 is 0 Å². The molecule has 0 aromatic heterocycles. The molecule has 0 N–H and O–H groups in total. The van der Waals surface area contributed by atoms with E-state index in [4.69, 9.17) is 0 Å². The minimum atomic E-state index is -0.489.